The summed E-state index contributed by atoms with van der Waals surface area (Å²) in [5.74, 6) is -0.507. The molecule has 0 amide bonds. The van der Waals surface area contributed by atoms with Gasteiger partial charge in [0.25, 0.3) is 0 Å². The summed E-state index contributed by atoms with van der Waals surface area (Å²) in [4.78, 5) is -0.326. The lowest BCUT2D eigenvalue weighted by molar-refractivity contribution is 0.131. The number of benzene rings is 1. The molecule has 1 saturated carbocycles. The number of anilines is 1. The van der Waals surface area contributed by atoms with E-state index in [1.807, 2.05) is 0 Å². The molecule has 0 aliphatic heterocycles. The SMILES string of the molecule is Nc1ccc(Cl)c(S(=O)(=O)[C@H]2CCC[C@H](O)C2)c1O. The van der Waals surface area contributed by atoms with Crippen LogP contribution in [0.25, 0.3) is 0 Å². The van der Waals surface area contributed by atoms with E-state index in [2.05, 4.69) is 0 Å². The first kappa shape index (κ1) is 14.4. The zero-order valence-electron chi connectivity index (χ0n) is 10.2. The Morgan fingerprint density at radius 1 is 1.32 bits per heavy atom. The van der Waals surface area contributed by atoms with Crippen LogP contribution in [-0.2, 0) is 9.84 Å². The number of halogens is 1. The number of nitrogen functional groups attached to an aromatic ring is 1. The molecule has 1 aromatic rings. The van der Waals surface area contributed by atoms with E-state index in [-0.39, 0.29) is 22.0 Å². The molecule has 1 fully saturated rings. The van der Waals surface area contributed by atoms with Gasteiger partial charge in [0.15, 0.2) is 15.6 Å². The molecule has 2 rings (SSSR count). The number of aliphatic hydroxyl groups excluding tert-OH is 1. The molecule has 0 heterocycles. The molecule has 1 aliphatic carbocycles. The van der Waals surface area contributed by atoms with E-state index in [9.17, 15) is 18.6 Å². The van der Waals surface area contributed by atoms with Crippen molar-refractivity contribution in [2.45, 2.75) is 41.9 Å². The van der Waals surface area contributed by atoms with Crippen molar-refractivity contribution in [2.75, 3.05) is 5.73 Å². The number of phenolic OH excluding ortho intramolecular Hbond substituents is 1. The maximum absolute atomic E-state index is 12.5. The highest BCUT2D eigenvalue weighted by Gasteiger charge is 2.35. The van der Waals surface area contributed by atoms with Gasteiger partial charge in [-0.15, -0.1) is 0 Å². The average Bonchev–Trinajstić information content (AvgIpc) is 2.34. The number of rotatable bonds is 2. The minimum Gasteiger partial charge on any atom is -0.504 e. The fraction of sp³-hybridized carbons (Fsp3) is 0.500. The molecule has 2 atom stereocenters. The lowest BCUT2D eigenvalue weighted by Gasteiger charge is -2.26. The lowest BCUT2D eigenvalue weighted by atomic mass is 9.97. The molecular formula is C12H16ClNO4S. The van der Waals surface area contributed by atoms with Crippen molar-refractivity contribution in [2.24, 2.45) is 0 Å². The third kappa shape index (κ3) is 2.66. The fourth-order valence-corrected chi connectivity index (χ4v) is 4.89. The van der Waals surface area contributed by atoms with Crippen LogP contribution in [-0.4, -0.2) is 30.0 Å². The fourth-order valence-electron chi connectivity index (χ4n) is 2.40. The zero-order valence-corrected chi connectivity index (χ0v) is 11.8. The van der Waals surface area contributed by atoms with Crippen LogP contribution in [0.1, 0.15) is 25.7 Å². The lowest BCUT2D eigenvalue weighted by Crippen LogP contribution is -2.31. The molecule has 0 saturated heterocycles. The molecule has 0 spiro atoms. The van der Waals surface area contributed by atoms with E-state index in [4.69, 9.17) is 17.3 Å². The smallest absolute Gasteiger partial charge is 0.186 e. The zero-order chi connectivity index (χ0) is 14.2. The van der Waals surface area contributed by atoms with Crippen LogP contribution in [0, 0.1) is 0 Å². The Labute approximate surface area is 116 Å². The Hall–Kier alpha value is -0.980. The summed E-state index contributed by atoms with van der Waals surface area (Å²) in [7, 11) is -3.80. The Morgan fingerprint density at radius 2 is 2.00 bits per heavy atom. The number of aromatic hydroxyl groups is 1. The first-order valence-electron chi connectivity index (χ1n) is 6.03. The predicted octanol–water partition coefficient (Wildman–Crippen LogP) is 1.71. The Bertz CT molecular complexity index is 588. The summed E-state index contributed by atoms with van der Waals surface area (Å²) >= 11 is 5.88. The topological polar surface area (TPSA) is 101 Å². The van der Waals surface area contributed by atoms with Gasteiger partial charge < -0.3 is 15.9 Å². The summed E-state index contributed by atoms with van der Waals surface area (Å²) in [6, 6.07) is 2.70. The molecule has 7 heteroatoms. The summed E-state index contributed by atoms with van der Waals surface area (Å²) in [6.45, 7) is 0. The van der Waals surface area contributed by atoms with Crippen LogP contribution < -0.4 is 5.73 Å². The van der Waals surface area contributed by atoms with Crippen molar-refractivity contribution in [1.29, 1.82) is 0 Å². The van der Waals surface area contributed by atoms with E-state index in [0.717, 1.165) is 0 Å². The number of nitrogens with two attached hydrogens (primary N) is 1. The monoisotopic (exact) mass is 305 g/mol. The van der Waals surface area contributed by atoms with Crippen molar-refractivity contribution < 1.29 is 18.6 Å². The van der Waals surface area contributed by atoms with Crippen LogP contribution in [0.5, 0.6) is 5.75 Å². The van der Waals surface area contributed by atoms with Gasteiger partial charge in [0.05, 0.1) is 22.1 Å². The predicted molar refractivity (Wildman–Crippen MR) is 73.0 cm³/mol. The van der Waals surface area contributed by atoms with Crippen molar-refractivity contribution in [3.05, 3.63) is 17.2 Å². The van der Waals surface area contributed by atoms with Crippen LogP contribution in [0.15, 0.2) is 17.0 Å². The second-order valence-electron chi connectivity index (χ2n) is 4.80. The van der Waals surface area contributed by atoms with E-state index in [0.29, 0.717) is 19.3 Å². The van der Waals surface area contributed by atoms with E-state index in [1.165, 1.54) is 12.1 Å². The van der Waals surface area contributed by atoms with Gasteiger partial charge in [-0.25, -0.2) is 8.42 Å². The van der Waals surface area contributed by atoms with Crippen LogP contribution in [0.4, 0.5) is 5.69 Å². The molecule has 4 N–H and O–H groups in total. The van der Waals surface area contributed by atoms with Gasteiger partial charge in [0.2, 0.25) is 0 Å². The Balaban J connectivity index is 2.48. The molecule has 19 heavy (non-hydrogen) atoms. The van der Waals surface area contributed by atoms with Gasteiger partial charge >= 0.3 is 0 Å². The number of hydrogen-bond acceptors (Lipinski definition) is 5. The highest BCUT2D eigenvalue weighted by molar-refractivity contribution is 7.92. The number of phenols is 1. The number of sulfone groups is 1. The molecular weight excluding hydrogens is 290 g/mol. The summed E-state index contributed by atoms with van der Waals surface area (Å²) < 4.78 is 25.0. The second-order valence-corrected chi connectivity index (χ2v) is 7.37. The van der Waals surface area contributed by atoms with E-state index in [1.54, 1.807) is 0 Å². The summed E-state index contributed by atoms with van der Waals surface area (Å²) in [6.07, 6.45) is 1.21. The van der Waals surface area contributed by atoms with Crippen LogP contribution in [0.2, 0.25) is 5.02 Å². The van der Waals surface area contributed by atoms with Crippen LogP contribution >= 0.6 is 11.6 Å². The third-order valence-electron chi connectivity index (χ3n) is 3.44. The molecule has 0 unspecified atom stereocenters. The maximum Gasteiger partial charge on any atom is 0.186 e. The van der Waals surface area contributed by atoms with Crippen molar-refractivity contribution in [3.63, 3.8) is 0 Å². The first-order valence-corrected chi connectivity index (χ1v) is 7.95. The average molecular weight is 306 g/mol. The highest BCUT2D eigenvalue weighted by atomic mass is 35.5. The largest absolute Gasteiger partial charge is 0.504 e. The quantitative estimate of drug-likeness (QED) is 0.570. The number of hydrogen-bond donors (Lipinski definition) is 3. The standard InChI is InChI=1S/C12H16ClNO4S/c13-9-4-5-10(14)11(16)12(9)19(17,18)8-3-1-2-7(15)6-8/h4-5,7-8,15-16H,1-3,6,14H2/t7-,8-/m0/s1. The van der Waals surface area contributed by atoms with Crippen molar-refractivity contribution in [3.8, 4) is 5.75 Å². The minimum atomic E-state index is -3.80. The minimum absolute atomic E-state index is 0.0284. The molecule has 5 nitrogen and oxygen atoms in total. The Morgan fingerprint density at radius 3 is 2.63 bits per heavy atom. The molecule has 0 aromatic heterocycles. The van der Waals surface area contributed by atoms with Crippen molar-refractivity contribution >= 4 is 27.1 Å². The van der Waals surface area contributed by atoms with Gasteiger partial charge in [0, 0.05) is 0 Å². The molecule has 1 aliphatic rings. The van der Waals surface area contributed by atoms with Gasteiger partial charge in [-0.3, -0.25) is 0 Å². The molecule has 0 bridgehead atoms. The van der Waals surface area contributed by atoms with Crippen LogP contribution in [0.3, 0.4) is 0 Å². The van der Waals surface area contributed by atoms with E-state index >= 15 is 0 Å². The molecule has 106 valence electrons. The number of aliphatic hydroxyl groups is 1. The summed E-state index contributed by atoms with van der Waals surface area (Å²) in [5, 5.41) is 18.7. The van der Waals surface area contributed by atoms with Gasteiger partial charge in [0.1, 0.15) is 4.90 Å². The maximum atomic E-state index is 12.5. The third-order valence-corrected chi connectivity index (χ3v) is 6.15. The van der Waals surface area contributed by atoms with Crippen molar-refractivity contribution in [1.82, 2.24) is 0 Å². The molecule has 1 aromatic carbocycles. The van der Waals surface area contributed by atoms with E-state index < -0.39 is 26.9 Å². The first-order chi connectivity index (χ1) is 8.84. The normalized spacial score (nSPS) is 24.3. The highest BCUT2D eigenvalue weighted by Crippen LogP contribution is 2.39. The summed E-state index contributed by atoms with van der Waals surface area (Å²) in [5.41, 5.74) is 5.49. The van der Waals surface area contributed by atoms with Gasteiger partial charge in [-0.05, 0) is 37.8 Å². The van der Waals surface area contributed by atoms with Gasteiger partial charge in [-0.1, -0.05) is 11.6 Å². The Kier molecular flexibility index (Phi) is 3.94. The van der Waals surface area contributed by atoms with Gasteiger partial charge in [-0.2, -0.15) is 0 Å². The second kappa shape index (κ2) is 5.19. The molecule has 0 radical (unpaired) electrons.